The third-order valence-electron chi connectivity index (χ3n) is 14.7. The molecule has 0 N–H and O–H groups in total. The van der Waals surface area contributed by atoms with Gasteiger partial charge in [-0.15, -0.1) is 0 Å². The molecule has 14 rings (SSSR count). The van der Waals surface area contributed by atoms with Crippen LogP contribution in [0.5, 0.6) is 0 Å². The lowest BCUT2D eigenvalue weighted by atomic mass is 9.43. The van der Waals surface area contributed by atoms with E-state index in [1.54, 1.807) is 0 Å². The SMILES string of the molecule is Cc1cc(-c2ccccc2)ccc1N1c2cc(N(c3ccccc3)c3ccccc3)ccc2B2c3c(cc4c(oc5ccccc54)c31)-c1ccc(-c3ccccc3)cc1N2c1ccc(-c2ccccc2)cc1. The first kappa shape index (κ1) is 41.6. The number of furan rings is 1. The lowest BCUT2D eigenvalue weighted by Crippen LogP contribution is -2.61. The second kappa shape index (κ2) is 17.0. The quantitative estimate of drug-likeness (QED) is 0.142. The van der Waals surface area contributed by atoms with E-state index in [-0.39, 0.29) is 6.85 Å². The first-order chi connectivity index (χ1) is 35.6. The third kappa shape index (κ3) is 6.77. The molecule has 72 heavy (non-hydrogen) atoms. The zero-order valence-corrected chi connectivity index (χ0v) is 39.7. The first-order valence-corrected chi connectivity index (χ1v) is 24.8. The molecule has 4 nitrogen and oxygen atoms in total. The van der Waals surface area contributed by atoms with Gasteiger partial charge in [-0.2, -0.15) is 0 Å². The summed E-state index contributed by atoms with van der Waals surface area (Å²) in [6.07, 6.45) is 0. The molecule has 0 amide bonds. The number of hydrogen-bond acceptors (Lipinski definition) is 4. The van der Waals surface area contributed by atoms with E-state index in [0.29, 0.717) is 0 Å². The van der Waals surface area contributed by atoms with Crippen molar-refractivity contribution in [3.05, 3.63) is 266 Å². The van der Waals surface area contributed by atoms with E-state index in [2.05, 4.69) is 282 Å². The Labute approximate surface area is 420 Å². The van der Waals surface area contributed by atoms with Gasteiger partial charge in [0.05, 0.1) is 5.69 Å². The third-order valence-corrected chi connectivity index (χ3v) is 14.7. The lowest BCUT2D eigenvalue weighted by molar-refractivity contribution is 0.669. The summed E-state index contributed by atoms with van der Waals surface area (Å²) >= 11 is 0. The normalized spacial score (nSPS) is 12.4. The van der Waals surface area contributed by atoms with Gasteiger partial charge in [-0.05, 0) is 141 Å². The molecule has 0 spiro atoms. The number of hydrogen-bond donors (Lipinski definition) is 0. The summed E-state index contributed by atoms with van der Waals surface area (Å²) < 4.78 is 7.24. The molecule has 2 aliphatic rings. The van der Waals surface area contributed by atoms with Gasteiger partial charge in [-0.25, -0.2) is 0 Å². The van der Waals surface area contributed by atoms with Crippen molar-refractivity contribution in [2.45, 2.75) is 6.92 Å². The maximum Gasteiger partial charge on any atom is 0.333 e. The van der Waals surface area contributed by atoms with Gasteiger partial charge in [0.25, 0.3) is 0 Å². The Balaban J connectivity index is 1.10. The van der Waals surface area contributed by atoms with Crippen LogP contribution in [0.3, 0.4) is 0 Å². The summed E-state index contributed by atoms with van der Waals surface area (Å²) in [4.78, 5) is 7.50. The fourth-order valence-corrected chi connectivity index (χ4v) is 11.4. The number of benzene rings is 11. The van der Waals surface area contributed by atoms with Crippen LogP contribution in [0.25, 0.3) is 66.4 Å². The van der Waals surface area contributed by atoms with E-state index in [0.717, 1.165) is 73.0 Å². The van der Waals surface area contributed by atoms with Crippen LogP contribution in [0, 0.1) is 6.92 Å². The minimum atomic E-state index is -0.250. The molecule has 2 aliphatic heterocycles. The predicted octanol–water partition coefficient (Wildman–Crippen LogP) is 17.1. The molecule has 0 unspecified atom stereocenters. The van der Waals surface area contributed by atoms with E-state index in [1.807, 2.05) is 0 Å². The fraction of sp³-hybridized carbons (Fsp3) is 0.0149. The number of rotatable bonds is 8. The van der Waals surface area contributed by atoms with Crippen molar-refractivity contribution in [2.75, 3.05) is 14.6 Å². The summed E-state index contributed by atoms with van der Waals surface area (Å²) in [7, 11) is 0. The lowest BCUT2D eigenvalue weighted by Gasteiger charge is -2.46. The van der Waals surface area contributed by atoms with Crippen LogP contribution < -0.4 is 25.5 Å². The van der Waals surface area contributed by atoms with Crippen molar-refractivity contribution < 1.29 is 4.42 Å². The first-order valence-electron chi connectivity index (χ1n) is 24.8. The van der Waals surface area contributed by atoms with Gasteiger partial charge in [0.2, 0.25) is 0 Å². The highest BCUT2D eigenvalue weighted by Crippen LogP contribution is 2.53. The minimum absolute atomic E-state index is 0.250. The van der Waals surface area contributed by atoms with Crippen molar-refractivity contribution in [1.29, 1.82) is 0 Å². The second-order valence-electron chi connectivity index (χ2n) is 18.9. The Morgan fingerprint density at radius 1 is 0.389 bits per heavy atom. The molecule has 0 radical (unpaired) electrons. The van der Waals surface area contributed by atoms with Crippen molar-refractivity contribution in [2.24, 2.45) is 0 Å². The van der Waals surface area contributed by atoms with E-state index in [1.165, 1.54) is 55.4 Å². The Bertz CT molecular complexity index is 3950. The number of anilines is 8. The zero-order valence-electron chi connectivity index (χ0n) is 39.7. The van der Waals surface area contributed by atoms with Gasteiger partial charge < -0.3 is 19.0 Å². The molecule has 338 valence electrons. The van der Waals surface area contributed by atoms with Crippen LogP contribution in [0.2, 0.25) is 0 Å². The second-order valence-corrected chi connectivity index (χ2v) is 18.9. The number of nitrogens with zero attached hydrogens (tertiary/aromatic N) is 3. The number of para-hydroxylation sites is 3. The van der Waals surface area contributed by atoms with E-state index < -0.39 is 0 Å². The highest BCUT2D eigenvalue weighted by molar-refractivity contribution is 6.94. The highest BCUT2D eigenvalue weighted by Gasteiger charge is 2.47. The van der Waals surface area contributed by atoms with Gasteiger partial charge in [0.15, 0.2) is 5.58 Å². The smallest absolute Gasteiger partial charge is 0.333 e. The van der Waals surface area contributed by atoms with Crippen molar-refractivity contribution in [3.63, 3.8) is 0 Å². The molecule has 12 aromatic rings. The topological polar surface area (TPSA) is 22.9 Å². The molecule has 1 aromatic heterocycles. The fourth-order valence-electron chi connectivity index (χ4n) is 11.4. The minimum Gasteiger partial charge on any atom is -0.454 e. The Kier molecular flexibility index (Phi) is 9.82. The summed E-state index contributed by atoms with van der Waals surface area (Å²) in [6.45, 7) is 2.00. The molecule has 5 heteroatoms. The standard InChI is InChI=1S/C67H46BN3O/c1-45-41-50(47-21-9-3-10-22-47)34-40-61(45)70-63-43-55(69(52-25-13-5-14-26-52)53-27-15-6-16-28-53)37-39-60(63)68-65-58(44-59-57-29-17-18-30-64(57)72-67(59)66(65)70)56-38-33-51(48-23-11-4-12-24-48)42-62(56)71(68)54-35-31-49(32-36-54)46-19-7-2-8-20-46/h2-44H,1H3. The summed E-state index contributed by atoms with van der Waals surface area (Å²) in [5.41, 5.74) is 23.5. The van der Waals surface area contributed by atoms with Crippen LogP contribution in [-0.4, -0.2) is 6.85 Å². The predicted molar refractivity (Wildman–Crippen MR) is 303 cm³/mol. The van der Waals surface area contributed by atoms with E-state index >= 15 is 0 Å². The van der Waals surface area contributed by atoms with Gasteiger partial charge in [-0.1, -0.05) is 182 Å². The van der Waals surface area contributed by atoms with Crippen LogP contribution in [-0.2, 0) is 0 Å². The van der Waals surface area contributed by atoms with E-state index in [4.69, 9.17) is 4.42 Å². The van der Waals surface area contributed by atoms with Crippen molar-refractivity contribution in [1.82, 2.24) is 0 Å². The number of fused-ring (bicyclic) bond motifs is 8. The summed E-state index contributed by atoms with van der Waals surface area (Å²) in [5, 5.41) is 2.19. The molecule has 0 fully saturated rings. The Morgan fingerprint density at radius 3 is 1.57 bits per heavy atom. The molecular weight excluding hydrogens is 874 g/mol. The largest absolute Gasteiger partial charge is 0.454 e. The maximum absolute atomic E-state index is 7.24. The Morgan fingerprint density at radius 2 is 0.931 bits per heavy atom. The molecular formula is C67H46BN3O. The molecule has 0 saturated heterocycles. The van der Waals surface area contributed by atoms with Gasteiger partial charge >= 0.3 is 6.85 Å². The van der Waals surface area contributed by atoms with Crippen LogP contribution in [0.4, 0.5) is 45.5 Å². The molecule has 11 aromatic carbocycles. The van der Waals surface area contributed by atoms with Crippen LogP contribution in [0.1, 0.15) is 5.56 Å². The van der Waals surface area contributed by atoms with Gasteiger partial charge in [-0.3, -0.25) is 0 Å². The van der Waals surface area contributed by atoms with Crippen molar-refractivity contribution >= 4 is 85.2 Å². The summed E-state index contributed by atoms with van der Waals surface area (Å²) in [5.74, 6) is 0. The van der Waals surface area contributed by atoms with Crippen LogP contribution in [0.15, 0.2) is 265 Å². The molecule has 3 heterocycles. The Hall–Kier alpha value is -9.32. The van der Waals surface area contributed by atoms with Gasteiger partial charge in [0.1, 0.15) is 5.58 Å². The number of aryl methyl sites for hydroxylation is 1. The van der Waals surface area contributed by atoms with Gasteiger partial charge in [0, 0.05) is 56.1 Å². The van der Waals surface area contributed by atoms with Crippen LogP contribution >= 0.6 is 0 Å². The molecule has 0 aliphatic carbocycles. The highest BCUT2D eigenvalue weighted by atomic mass is 16.3. The molecule has 0 saturated carbocycles. The van der Waals surface area contributed by atoms with E-state index in [9.17, 15) is 0 Å². The average molecular weight is 920 g/mol. The van der Waals surface area contributed by atoms with Crippen molar-refractivity contribution in [3.8, 4) is 44.5 Å². The maximum atomic E-state index is 7.24. The zero-order chi connectivity index (χ0) is 47.7. The molecule has 0 atom stereocenters. The average Bonchev–Trinajstić information content (AvgIpc) is 3.83. The monoisotopic (exact) mass is 919 g/mol. The summed E-state index contributed by atoms with van der Waals surface area (Å²) in [6, 6.07) is 94.8. The molecule has 0 bridgehead atoms.